The maximum Gasteiger partial charge on any atom is 0.119 e. The molecule has 1 aromatic carbocycles. The zero-order valence-corrected chi connectivity index (χ0v) is 12.6. The van der Waals surface area contributed by atoms with E-state index in [1.165, 1.54) is 37.8 Å². The number of ether oxygens (including phenoxy) is 1. The van der Waals surface area contributed by atoms with Crippen LogP contribution in [0.5, 0.6) is 5.75 Å². The molecule has 2 saturated carbocycles. The molecule has 3 rings (SSSR count). The summed E-state index contributed by atoms with van der Waals surface area (Å²) < 4.78 is 5.35. The number of nitrogens with zero attached hydrogens (tertiary/aromatic N) is 1. The van der Waals surface area contributed by atoms with Gasteiger partial charge in [0.25, 0.3) is 0 Å². The first-order valence-corrected chi connectivity index (χ1v) is 7.85. The van der Waals surface area contributed by atoms with E-state index in [2.05, 4.69) is 35.5 Å². The lowest BCUT2D eigenvalue weighted by Gasteiger charge is -2.28. The second-order valence-corrected chi connectivity index (χ2v) is 6.25. The van der Waals surface area contributed by atoms with Gasteiger partial charge in [-0.2, -0.15) is 0 Å². The van der Waals surface area contributed by atoms with Crippen LogP contribution in [0.4, 0.5) is 0 Å². The largest absolute Gasteiger partial charge is 0.497 e. The Morgan fingerprint density at radius 3 is 2.70 bits per heavy atom. The Bertz CT molecular complexity index is 440. The molecular formula is C17H26N2O. The summed E-state index contributed by atoms with van der Waals surface area (Å²) in [5.74, 6) is 1.92. The third kappa shape index (κ3) is 3.53. The average Bonchev–Trinajstić information content (AvgIpc) is 3.36. The molecule has 0 amide bonds. The third-order valence-electron chi connectivity index (χ3n) is 4.51. The molecular weight excluding hydrogens is 248 g/mol. The Morgan fingerprint density at radius 2 is 2.10 bits per heavy atom. The maximum absolute atomic E-state index is 5.35. The lowest BCUT2D eigenvalue weighted by molar-refractivity contribution is 0.227. The molecule has 3 heteroatoms. The zero-order chi connectivity index (χ0) is 13.9. The number of benzene rings is 1. The predicted molar refractivity (Wildman–Crippen MR) is 82.1 cm³/mol. The van der Waals surface area contributed by atoms with Crippen molar-refractivity contribution < 1.29 is 4.74 Å². The topological polar surface area (TPSA) is 24.5 Å². The van der Waals surface area contributed by atoms with E-state index >= 15 is 0 Å². The summed E-state index contributed by atoms with van der Waals surface area (Å²) in [5.41, 5.74) is 1.33. The molecule has 110 valence electrons. The molecule has 2 aliphatic carbocycles. The van der Waals surface area contributed by atoms with Crippen LogP contribution >= 0.6 is 0 Å². The minimum Gasteiger partial charge on any atom is -0.497 e. The average molecular weight is 274 g/mol. The lowest BCUT2D eigenvalue weighted by atomic mass is 10.1. The summed E-state index contributed by atoms with van der Waals surface area (Å²) in [6, 6.07) is 9.69. The first-order chi connectivity index (χ1) is 9.80. The fourth-order valence-corrected chi connectivity index (χ4v) is 2.90. The van der Waals surface area contributed by atoms with Gasteiger partial charge in [-0.1, -0.05) is 12.1 Å². The zero-order valence-electron chi connectivity index (χ0n) is 12.6. The molecule has 2 fully saturated rings. The van der Waals surface area contributed by atoms with Gasteiger partial charge in [0.2, 0.25) is 0 Å². The van der Waals surface area contributed by atoms with Crippen LogP contribution < -0.4 is 10.1 Å². The molecule has 0 aromatic heterocycles. The van der Waals surface area contributed by atoms with Crippen molar-refractivity contribution in [3.8, 4) is 5.75 Å². The molecule has 0 bridgehead atoms. The molecule has 3 nitrogen and oxygen atoms in total. The first kappa shape index (κ1) is 13.9. The third-order valence-corrected chi connectivity index (χ3v) is 4.51. The van der Waals surface area contributed by atoms with Gasteiger partial charge in [0.1, 0.15) is 5.75 Å². The van der Waals surface area contributed by atoms with E-state index in [1.54, 1.807) is 7.11 Å². The Labute approximate surface area is 122 Å². The van der Waals surface area contributed by atoms with E-state index in [4.69, 9.17) is 4.74 Å². The van der Waals surface area contributed by atoms with Crippen molar-refractivity contribution in [2.45, 2.75) is 37.8 Å². The van der Waals surface area contributed by atoms with E-state index in [9.17, 15) is 0 Å². The minimum absolute atomic E-state index is 0.393. The van der Waals surface area contributed by atoms with Crippen LogP contribution in [-0.2, 0) is 0 Å². The van der Waals surface area contributed by atoms with Gasteiger partial charge in [0, 0.05) is 25.2 Å². The SMILES string of the molecule is CNC(CN(CC1CC1)C1CC1)c1cccc(OC)c1. The molecule has 1 N–H and O–H groups in total. The van der Waals surface area contributed by atoms with Gasteiger partial charge in [-0.3, -0.25) is 4.90 Å². The van der Waals surface area contributed by atoms with Crippen molar-refractivity contribution in [1.29, 1.82) is 0 Å². The molecule has 1 unspecified atom stereocenters. The van der Waals surface area contributed by atoms with Crippen molar-refractivity contribution in [3.63, 3.8) is 0 Å². The van der Waals surface area contributed by atoms with Gasteiger partial charge in [-0.15, -0.1) is 0 Å². The van der Waals surface area contributed by atoms with Gasteiger partial charge in [0.15, 0.2) is 0 Å². The summed E-state index contributed by atoms with van der Waals surface area (Å²) in [5, 5.41) is 3.48. The molecule has 0 spiro atoms. The highest BCUT2D eigenvalue weighted by Gasteiger charge is 2.34. The van der Waals surface area contributed by atoms with Gasteiger partial charge in [-0.05, 0) is 56.3 Å². The smallest absolute Gasteiger partial charge is 0.119 e. The Morgan fingerprint density at radius 1 is 1.30 bits per heavy atom. The molecule has 0 aliphatic heterocycles. The van der Waals surface area contributed by atoms with Crippen molar-refractivity contribution in [3.05, 3.63) is 29.8 Å². The molecule has 2 aliphatic rings. The van der Waals surface area contributed by atoms with Crippen LogP contribution in [0.15, 0.2) is 24.3 Å². The van der Waals surface area contributed by atoms with Crippen molar-refractivity contribution in [1.82, 2.24) is 10.2 Å². The molecule has 1 aromatic rings. The summed E-state index contributed by atoms with van der Waals surface area (Å²) in [4.78, 5) is 2.71. The fourth-order valence-electron chi connectivity index (χ4n) is 2.90. The van der Waals surface area contributed by atoms with Gasteiger partial charge < -0.3 is 10.1 Å². The highest BCUT2D eigenvalue weighted by atomic mass is 16.5. The van der Waals surface area contributed by atoms with Crippen LogP contribution in [0.1, 0.15) is 37.3 Å². The Hall–Kier alpha value is -1.06. The van der Waals surface area contributed by atoms with Gasteiger partial charge in [-0.25, -0.2) is 0 Å². The van der Waals surface area contributed by atoms with Crippen LogP contribution in [0.2, 0.25) is 0 Å². The van der Waals surface area contributed by atoms with Crippen LogP contribution in [-0.4, -0.2) is 38.2 Å². The first-order valence-electron chi connectivity index (χ1n) is 7.85. The number of nitrogens with one attached hydrogen (secondary N) is 1. The monoisotopic (exact) mass is 274 g/mol. The van der Waals surface area contributed by atoms with E-state index in [0.29, 0.717) is 6.04 Å². The summed E-state index contributed by atoms with van der Waals surface area (Å²) in [6.45, 7) is 2.41. The van der Waals surface area contributed by atoms with E-state index in [1.807, 2.05) is 6.07 Å². The number of likely N-dealkylation sites (N-methyl/N-ethyl adjacent to an activating group) is 1. The summed E-state index contributed by atoms with van der Waals surface area (Å²) in [7, 11) is 3.80. The maximum atomic E-state index is 5.35. The molecule has 0 saturated heterocycles. The van der Waals surface area contributed by atoms with Crippen molar-refractivity contribution >= 4 is 0 Å². The fraction of sp³-hybridized carbons (Fsp3) is 0.647. The van der Waals surface area contributed by atoms with E-state index in [-0.39, 0.29) is 0 Å². The number of rotatable bonds is 8. The summed E-state index contributed by atoms with van der Waals surface area (Å²) >= 11 is 0. The number of hydrogen-bond donors (Lipinski definition) is 1. The Kier molecular flexibility index (Phi) is 4.27. The van der Waals surface area contributed by atoms with Crippen LogP contribution in [0.25, 0.3) is 0 Å². The molecule has 1 atom stereocenters. The predicted octanol–water partition coefficient (Wildman–Crippen LogP) is 2.83. The van der Waals surface area contributed by atoms with E-state index < -0.39 is 0 Å². The Balaban J connectivity index is 1.67. The minimum atomic E-state index is 0.393. The summed E-state index contributed by atoms with van der Waals surface area (Å²) in [6.07, 6.45) is 5.65. The lowest BCUT2D eigenvalue weighted by Crippen LogP contribution is -2.36. The van der Waals surface area contributed by atoms with Crippen LogP contribution in [0, 0.1) is 5.92 Å². The number of hydrogen-bond acceptors (Lipinski definition) is 3. The molecule has 20 heavy (non-hydrogen) atoms. The number of methoxy groups -OCH3 is 1. The van der Waals surface area contributed by atoms with Crippen molar-refractivity contribution in [2.24, 2.45) is 5.92 Å². The molecule has 0 radical (unpaired) electrons. The second kappa shape index (κ2) is 6.15. The second-order valence-electron chi connectivity index (χ2n) is 6.25. The highest BCUT2D eigenvalue weighted by Crippen LogP contribution is 2.35. The van der Waals surface area contributed by atoms with Gasteiger partial charge >= 0.3 is 0 Å². The standard InChI is InChI=1S/C17H26N2O/c1-18-17(14-4-3-5-16(10-14)20-2)12-19(15-8-9-15)11-13-6-7-13/h3-5,10,13,15,17-18H,6-9,11-12H2,1-2H3. The van der Waals surface area contributed by atoms with Gasteiger partial charge in [0.05, 0.1) is 7.11 Å². The normalized spacial score (nSPS) is 20.1. The van der Waals surface area contributed by atoms with Crippen molar-refractivity contribution in [2.75, 3.05) is 27.2 Å². The quantitative estimate of drug-likeness (QED) is 0.789. The van der Waals surface area contributed by atoms with E-state index in [0.717, 1.165) is 24.3 Å². The molecule has 0 heterocycles. The highest BCUT2D eigenvalue weighted by molar-refractivity contribution is 5.30. The van der Waals surface area contributed by atoms with Crippen LogP contribution in [0.3, 0.4) is 0 Å².